The number of carbonyl (C=O) groups is 1. The van der Waals surface area contributed by atoms with Gasteiger partial charge in [0.2, 0.25) is 0 Å². The minimum absolute atomic E-state index is 0.157. The third kappa shape index (κ3) is 5.90. The fourth-order valence-electron chi connectivity index (χ4n) is 4.13. The standard InChI is InChI=1S/C28H19Cl4N3O2S/c1-15-13-17(7-11-23(15)37-28(30,31)32)24-12-10-19(38-24)14-22-26(27(33)36)34-21-4-2-3-20(25(21)35-22)16-5-8-18(29)9-6-16/h2-13H,14H2,1H3,(H2,33,36). The Balaban J connectivity index is 1.50. The van der Waals surface area contributed by atoms with Crippen molar-refractivity contribution in [3.63, 3.8) is 0 Å². The van der Waals surface area contributed by atoms with Gasteiger partial charge >= 0.3 is 3.98 Å². The molecule has 0 spiro atoms. The maximum absolute atomic E-state index is 12.3. The van der Waals surface area contributed by atoms with Gasteiger partial charge < -0.3 is 10.5 Å². The van der Waals surface area contributed by atoms with E-state index in [2.05, 4.69) is 4.98 Å². The van der Waals surface area contributed by atoms with Gasteiger partial charge in [0.25, 0.3) is 5.91 Å². The van der Waals surface area contributed by atoms with E-state index in [-0.39, 0.29) is 5.69 Å². The lowest BCUT2D eigenvalue weighted by Gasteiger charge is -2.16. The van der Waals surface area contributed by atoms with E-state index in [1.165, 1.54) is 0 Å². The Labute approximate surface area is 243 Å². The van der Waals surface area contributed by atoms with Crippen molar-refractivity contribution in [3.05, 3.63) is 99.6 Å². The van der Waals surface area contributed by atoms with Crippen molar-refractivity contribution in [2.24, 2.45) is 5.73 Å². The molecule has 38 heavy (non-hydrogen) atoms. The number of aromatic nitrogens is 2. The number of nitrogens with two attached hydrogens (primary N) is 1. The van der Waals surface area contributed by atoms with E-state index < -0.39 is 9.89 Å². The van der Waals surface area contributed by atoms with Crippen molar-refractivity contribution in [3.8, 4) is 27.3 Å². The number of fused-ring (bicyclic) bond motifs is 1. The number of nitrogens with zero attached hydrogens (tertiary/aromatic N) is 2. The Morgan fingerprint density at radius 3 is 2.39 bits per heavy atom. The fraction of sp³-hybridized carbons (Fsp3) is 0.107. The first-order chi connectivity index (χ1) is 18.1. The average Bonchev–Trinajstić information content (AvgIpc) is 3.33. The molecule has 0 aliphatic rings. The van der Waals surface area contributed by atoms with Crippen LogP contribution in [0.5, 0.6) is 5.75 Å². The second-order valence-corrected chi connectivity index (χ2v) is 12.3. The molecule has 0 unspecified atom stereocenters. The van der Waals surface area contributed by atoms with Crippen LogP contribution >= 0.6 is 57.7 Å². The van der Waals surface area contributed by atoms with Gasteiger partial charge in [-0.15, -0.1) is 11.3 Å². The molecule has 2 heterocycles. The van der Waals surface area contributed by atoms with Crippen LogP contribution in [0.2, 0.25) is 5.02 Å². The molecule has 2 aromatic heterocycles. The summed E-state index contributed by atoms with van der Waals surface area (Å²) < 4.78 is 3.52. The molecule has 0 atom stereocenters. The minimum atomic E-state index is -1.84. The summed E-state index contributed by atoms with van der Waals surface area (Å²) in [4.78, 5) is 23.8. The number of halogens is 4. The molecule has 0 radical (unpaired) electrons. The smallest absolute Gasteiger partial charge is 0.338 e. The summed E-state index contributed by atoms with van der Waals surface area (Å²) in [5, 5.41) is 0.646. The third-order valence-electron chi connectivity index (χ3n) is 5.84. The van der Waals surface area contributed by atoms with Crippen molar-refractivity contribution in [1.29, 1.82) is 0 Å². The van der Waals surface area contributed by atoms with Crippen LogP contribution in [-0.4, -0.2) is 19.9 Å². The summed E-state index contributed by atoms with van der Waals surface area (Å²) in [6, 6.07) is 22.8. The number of carbonyl (C=O) groups excluding carboxylic acids is 1. The van der Waals surface area contributed by atoms with E-state index in [1.54, 1.807) is 17.4 Å². The summed E-state index contributed by atoms with van der Waals surface area (Å²) in [6.07, 6.45) is 0.397. The van der Waals surface area contributed by atoms with Crippen molar-refractivity contribution >= 4 is 74.7 Å². The van der Waals surface area contributed by atoms with Gasteiger partial charge in [-0.1, -0.05) is 35.9 Å². The number of aryl methyl sites for hydroxylation is 1. The van der Waals surface area contributed by atoms with Crippen LogP contribution < -0.4 is 10.5 Å². The summed E-state index contributed by atoms with van der Waals surface area (Å²) >= 11 is 24.9. The molecule has 5 rings (SSSR count). The number of alkyl halides is 3. The highest BCUT2D eigenvalue weighted by Crippen LogP contribution is 2.36. The van der Waals surface area contributed by atoms with E-state index in [1.807, 2.05) is 73.7 Å². The highest BCUT2D eigenvalue weighted by molar-refractivity contribution is 7.15. The van der Waals surface area contributed by atoms with Gasteiger partial charge in [-0.25, -0.2) is 9.97 Å². The number of rotatable bonds is 6. The molecule has 2 N–H and O–H groups in total. The Kier molecular flexibility index (Phi) is 7.54. The topological polar surface area (TPSA) is 78.1 Å². The summed E-state index contributed by atoms with van der Waals surface area (Å²) in [5.41, 5.74) is 11.3. The van der Waals surface area contributed by atoms with E-state index in [0.29, 0.717) is 33.9 Å². The predicted octanol–water partition coefficient (Wildman–Crippen LogP) is 8.38. The highest BCUT2D eigenvalue weighted by atomic mass is 35.6. The molecule has 0 aliphatic heterocycles. The maximum Gasteiger partial charge on any atom is 0.338 e. The molecule has 5 aromatic rings. The van der Waals surface area contributed by atoms with Crippen LogP contribution in [0, 0.1) is 6.92 Å². The van der Waals surface area contributed by atoms with Crippen molar-refractivity contribution in [2.75, 3.05) is 0 Å². The summed E-state index contributed by atoms with van der Waals surface area (Å²) in [6.45, 7) is 1.88. The monoisotopic (exact) mass is 601 g/mol. The van der Waals surface area contributed by atoms with Gasteiger partial charge in [0, 0.05) is 26.8 Å². The molecule has 0 saturated carbocycles. The lowest BCUT2D eigenvalue weighted by molar-refractivity contribution is 0.0994. The van der Waals surface area contributed by atoms with Gasteiger partial charge in [-0.05, 0) is 107 Å². The second-order valence-electron chi connectivity index (χ2n) is 8.53. The lowest BCUT2D eigenvalue weighted by atomic mass is 10.0. The molecular weight excluding hydrogens is 584 g/mol. The number of para-hydroxylation sites is 1. The van der Waals surface area contributed by atoms with E-state index in [9.17, 15) is 4.79 Å². The second kappa shape index (κ2) is 10.7. The number of thiophene rings is 1. The first-order valence-corrected chi connectivity index (χ1v) is 13.7. The zero-order valence-corrected chi connectivity index (χ0v) is 23.7. The molecule has 0 fully saturated rings. The molecule has 0 aliphatic carbocycles. The molecule has 3 aromatic carbocycles. The molecule has 192 valence electrons. The average molecular weight is 603 g/mol. The molecule has 0 saturated heterocycles. The van der Waals surface area contributed by atoms with Gasteiger partial charge in [-0.2, -0.15) is 0 Å². The molecule has 1 amide bonds. The Bertz CT molecular complexity index is 1660. The van der Waals surface area contributed by atoms with E-state index in [0.717, 1.165) is 32.0 Å². The zero-order chi connectivity index (χ0) is 27.0. The number of hydrogen-bond donors (Lipinski definition) is 1. The number of hydrogen-bond acceptors (Lipinski definition) is 5. The van der Waals surface area contributed by atoms with Crippen molar-refractivity contribution in [1.82, 2.24) is 9.97 Å². The van der Waals surface area contributed by atoms with E-state index in [4.69, 9.17) is 61.9 Å². The Morgan fingerprint density at radius 2 is 1.71 bits per heavy atom. The summed E-state index contributed by atoms with van der Waals surface area (Å²) in [5.74, 6) is -0.136. The van der Waals surface area contributed by atoms with Crippen LogP contribution in [0.15, 0.2) is 72.8 Å². The molecular formula is C28H19Cl4N3O2S. The first-order valence-electron chi connectivity index (χ1n) is 11.4. The largest absolute Gasteiger partial charge is 0.445 e. The van der Waals surface area contributed by atoms with Crippen LogP contribution in [0.25, 0.3) is 32.6 Å². The lowest BCUT2D eigenvalue weighted by Crippen LogP contribution is -2.17. The van der Waals surface area contributed by atoms with Gasteiger partial charge in [-0.3, -0.25) is 4.79 Å². The number of primary amides is 1. The number of benzene rings is 3. The van der Waals surface area contributed by atoms with Crippen LogP contribution in [-0.2, 0) is 6.42 Å². The van der Waals surface area contributed by atoms with Gasteiger partial charge in [0.1, 0.15) is 5.75 Å². The first kappa shape index (κ1) is 26.7. The van der Waals surface area contributed by atoms with Crippen LogP contribution in [0.3, 0.4) is 0 Å². The Hall–Kier alpha value is -2.87. The quantitative estimate of drug-likeness (QED) is 0.198. The highest BCUT2D eigenvalue weighted by Gasteiger charge is 2.23. The zero-order valence-electron chi connectivity index (χ0n) is 19.8. The van der Waals surface area contributed by atoms with Crippen LogP contribution in [0.4, 0.5) is 0 Å². The van der Waals surface area contributed by atoms with Gasteiger partial charge in [0.05, 0.1) is 16.7 Å². The van der Waals surface area contributed by atoms with Crippen LogP contribution in [0.1, 0.15) is 26.6 Å². The Morgan fingerprint density at radius 1 is 0.974 bits per heavy atom. The SMILES string of the molecule is Cc1cc(-c2ccc(Cc3nc4c(-c5ccc(Cl)cc5)cccc4nc3C(N)=O)s2)ccc1OC(Cl)(Cl)Cl. The minimum Gasteiger partial charge on any atom is -0.445 e. The molecule has 0 bridgehead atoms. The van der Waals surface area contributed by atoms with E-state index >= 15 is 0 Å². The van der Waals surface area contributed by atoms with Crippen molar-refractivity contribution < 1.29 is 9.53 Å². The van der Waals surface area contributed by atoms with Gasteiger partial charge in [0.15, 0.2) is 5.69 Å². The maximum atomic E-state index is 12.3. The predicted molar refractivity (Wildman–Crippen MR) is 157 cm³/mol. The third-order valence-corrected chi connectivity index (χ3v) is 7.46. The normalized spacial score (nSPS) is 11.6. The fourth-order valence-corrected chi connectivity index (χ4v) is 5.51. The van der Waals surface area contributed by atoms with Crippen molar-refractivity contribution in [2.45, 2.75) is 17.3 Å². The summed E-state index contributed by atoms with van der Waals surface area (Å²) in [7, 11) is 0. The molecule has 10 heteroatoms. The number of amides is 1. The number of ether oxygens (including phenoxy) is 1. The molecule has 5 nitrogen and oxygen atoms in total.